The standard InChI is InChI=1S/C14H16ClN5O3S/c15-9-2-1-3-10(6-9)24(22,23)19-5-4-16-14(21)12-7-11(12)13-17-8-18-20-13/h1-3,6,8,11-12,19H,4-5,7H2,(H,16,21)(H,17,18,20)/t11-,12+/m1/s1. The number of halogens is 1. The number of rotatable bonds is 7. The molecule has 0 unspecified atom stereocenters. The van der Waals surface area contributed by atoms with Crippen LogP contribution in [0.2, 0.25) is 5.02 Å². The number of amides is 1. The first-order chi connectivity index (χ1) is 11.5. The Hall–Kier alpha value is -1.97. The Morgan fingerprint density at radius 1 is 1.38 bits per heavy atom. The van der Waals surface area contributed by atoms with E-state index in [1.807, 2.05) is 0 Å². The van der Waals surface area contributed by atoms with E-state index in [1.165, 1.54) is 18.5 Å². The van der Waals surface area contributed by atoms with E-state index < -0.39 is 10.0 Å². The average molecular weight is 370 g/mol. The lowest BCUT2D eigenvalue weighted by molar-refractivity contribution is -0.122. The molecular formula is C14H16ClN5O3S. The summed E-state index contributed by atoms with van der Waals surface area (Å²) in [5.41, 5.74) is 0. The molecule has 3 rings (SSSR count). The maximum atomic E-state index is 12.1. The minimum atomic E-state index is -3.64. The highest BCUT2D eigenvalue weighted by molar-refractivity contribution is 7.89. The SMILES string of the molecule is O=C(NCCNS(=O)(=O)c1cccc(Cl)c1)[C@H]1C[C@H]1c1ncn[nH]1. The molecule has 24 heavy (non-hydrogen) atoms. The lowest BCUT2D eigenvalue weighted by Crippen LogP contribution is -2.35. The van der Waals surface area contributed by atoms with E-state index in [1.54, 1.807) is 12.1 Å². The van der Waals surface area contributed by atoms with Crippen molar-refractivity contribution in [1.82, 2.24) is 25.2 Å². The molecule has 1 aromatic heterocycles. The lowest BCUT2D eigenvalue weighted by atomic mass is 10.3. The van der Waals surface area contributed by atoms with Crippen LogP contribution in [-0.2, 0) is 14.8 Å². The molecule has 128 valence electrons. The van der Waals surface area contributed by atoms with Crippen molar-refractivity contribution in [1.29, 1.82) is 0 Å². The van der Waals surface area contributed by atoms with Crippen LogP contribution in [0.15, 0.2) is 35.5 Å². The van der Waals surface area contributed by atoms with Gasteiger partial charge in [0.15, 0.2) is 0 Å². The number of sulfonamides is 1. The van der Waals surface area contributed by atoms with Crippen LogP contribution in [0.1, 0.15) is 18.2 Å². The molecule has 1 aromatic carbocycles. The highest BCUT2D eigenvalue weighted by Crippen LogP contribution is 2.45. The predicted octanol–water partition coefficient (Wildman–Crippen LogP) is 0.656. The number of H-pyrrole nitrogens is 1. The number of hydrogen-bond donors (Lipinski definition) is 3. The first-order valence-corrected chi connectivity index (χ1v) is 9.22. The molecule has 10 heteroatoms. The molecule has 0 bridgehead atoms. The summed E-state index contributed by atoms with van der Waals surface area (Å²) in [4.78, 5) is 16.1. The fourth-order valence-electron chi connectivity index (χ4n) is 2.40. The van der Waals surface area contributed by atoms with Gasteiger partial charge in [0, 0.05) is 29.9 Å². The Labute approximate surface area is 144 Å². The van der Waals surface area contributed by atoms with Crippen LogP contribution in [-0.4, -0.2) is 42.6 Å². The van der Waals surface area contributed by atoms with Crippen LogP contribution in [0, 0.1) is 5.92 Å². The third kappa shape index (κ3) is 3.92. The summed E-state index contributed by atoms with van der Waals surface area (Å²) < 4.78 is 26.6. The Bertz CT molecular complexity index is 825. The van der Waals surface area contributed by atoms with Crippen molar-refractivity contribution < 1.29 is 13.2 Å². The van der Waals surface area contributed by atoms with Gasteiger partial charge in [0.05, 0.1) is 4.90 Å². The van der Waals surface area contributed by atoms with Gasteiger partial charge in [-0.25, -0.2) is 18.1 Å². The number of benzene rings is 1. The topological polar surface area (TPSA) is 117 Å². The van der Waals surface area contributed by atoms with Crippen LogP contribution in [0.4, 0.5) is 0 Å². The van der Waals surface area contributed by atoms with E-state index in [4.69, 9.17) is 11.6 Å². The molecule has 1 aliphatic rings. The van der Waals surface area contributed by atoms with E-state index >= 15 is 0 Å². The molecule has 2 atom stereocenters. The molecule has 1 fully saturated rings. The molecule has 1 amide bonds. The van der Waals surface area contributed by atoms with E-state index in [0.717, 1.165) is 6.42 Å². The summed E-state index contributed by atoms with van der Waals surface area (Å²) in [7, 11) is -3.64. The molecule has 1 aliphatic carbocycles. The third-order valence-electron chi connectivity index (χ3n) is 3.73. The Balaban J connectivity index is 1.43. The quantitative estimate of drug-likeness (QED) is 0.620. The van der Waals surface area contributed by atoms with Crippen molar-refractivity contribution in [3.8, 4) is 0 Å². The Morgan fingerprint density at radius 3 is 2.92 bits per heavy atom. The average Bonchev–Trinajstić information content (AvgIpc) is 3.17. The van der Waals surface area contributed by atoms with Crippen molar-refractivity contribution in [3.63, 3.8) is 0 Å². The Kier molecular flexibility index (Phi) is 4.83. The summed E-state index contributed by atoms with van der Waals surface area (Å²) in [5.74, 6) is 0.522. The lowest BCUT2D eigenvalue weighted by Gasteiger charge is -2.08. The maximum Gasteiger partial charge on any atom is 0.240 e. The Morgan fingerprint density at radius 2 is 2.21 bits per heavy atom. The molecule has 3 N–H and O–H groups in total. The summed E-state index contributed by atoms with van der Waals surface area (Å²) in [6, 6.07) is 5.99. The second-order valence-corrected chi connectivity index (χ2v) is 7.67. The zero-order chi connectivity index (χ0) is 17.2. The molecule has 2 aromatic rings. The van der Waals surface area contributed by atoms with Crippen molar-refractivity contribution in [2.75, 3.05) is 13.1 Å². The first-order valence-electron chi connectivity index (χ1n) is 7.35. The summed E-state index contributed by atoms with van der Waals surface area (Å²) in [6.45, 7) is 0.304. The minimum absolute atomic E-state index is 0.0654. The van der Waals surface area contributed by atoms with Gasteiger partial charge in [-0.3, -0.25) is 9.89 Å². The predicted molar refractivity (Wildman–Crippen MR) is 86.9 cm³/mol. The number of carbonyl (C=O) groups excluding carboxylic acids is 1. The molecular weight excluding hydrogens is 354 g/mol. The second kappa shape index (κ2) is 6.88. The van der Waals surface area contributed by atoms with Crippen LogP contribution in [0.25, 0.3) is 0 Å². The van der Waals surface area contributed by atoms with Crippen molar-refractivity contribution in [3.05, 3.63) is 41.4 Å². The van der Waals surface area contributed by atoms with Crippen LogP contribution < -0.4 is 10.0 Å². The number of nitrogens with one attached hydrogen (secondary N) is 3. The van der Waals surface area contributed by atoms with E-state index in [-0.39, 0.29) is 35.7 Å². The van der Waals surface area contributed by atoms with Crippen LogP contribution >= 0.6 is 11.6 Å². The number of hydrogen-bond acceptors (Lipinski definition) is 5. The van der Waals surface area contributed by atoms with Gasteiger partial charge in [-0.15, -0.1) is 0 Å². The summed E-state index contributed by atoms with van der Waals surface area (Å²) in [5, 5.41) is 9.57. The molecule has 0 spiro atoms. The maximum absolute atomic E-state index is 12.1. The smallest absolute Gasteiger partial charge is 0.240 e. The largest absolute Gasteiger partial charge is 0.355 e. The zero-order valence-electron chi connectivity index (χ0n) is 12.6. The molecule has 1 saturated carbocycles. The first kappa shape index (κ1) is 16.9. The van der Waals surface area contributed by atoms with Crippen molar-refractivity contribution in [2.24, 2.45) is 5.92 Å². The highest BCUT2D eigenvalue weighted by Gasteiger charge is 2.45. The second-order valence-electron chi connectivity index (χ2n) is 5.47. The van der Waals surface area contributed by atoms with Gasteiger partial charge in [-0.2, -0.15) is 5.10 Å². The third-order valence-corrected chi connectivity index (χ3v) is 5.43. The fourth-order valence-corrected chi connectivity index (χ4v) is 3.73. The molecule has 1 heterocycles. The van der Waals surface area contributed by atoms with E-state index in [9.17, 15) is 13.2 Å². The normalized spacial score (nSPS) is 19.9. The van der Waals surface area contributed by atoms with Gasteiger partial charge >= 0.3 is 0 Å². The van der Waals surface area contributed by atoms with E-state index in [0.29, 0.717) is 10.8 Å². The minimum Gasteiger partial charge on any atom is -0.355 e. The van der Waals surface area contributed by atoms with Gasteiger partial charge in [-0.05, 0) is 24.6 Å². The molecule has 8 nitrogen and oxygen atoms in total. The number of carbonyl (C=O) groups is 1. The van der Waals surface area contributed by atoms with Crippen LogP contribution in [0.3, 0.4) is 0 Å². The molecule has 0 radical (unpaired) electrons. The van der Waals surface area contributed by atoms with Gasteiger partial charge in [0.25, 0.3) is 0 Å². The van der Waals surface area contributed by atoms with Crippen molar-refractivity contribution >= 4 is 27.5 Å². The van der Waals surface area contributed by atoms with Gasteiger partial charge < -0.3 is 5.32 Å². The number of aromatic amines is 1. The number of aromatic nitrogens is 3. The highest BCUT2D eigenvalue weighted by atomic mass is 35.5. The fraction of sp³-hybridized carbons (Fsp3) is 0.357. The number of nitrogens with zero attached hydrogens (tertiary/aromatic N) is 2. The van der Waals surface area contributed by atoms with Gasteiger partial charge in [0.1, 0.15) is 12.2 Å². The zero-order valence-corrected chi connectivity index (χ0v) is 14.1. The van der Waals surface area contributed by atoms with E-state index in [2.05, 4.69) is 25.2 Å². The van der Waals surface area contributed by atoms with Gasteiger partial charge in [-0.1, -0.05) is 17.7 Å². The van der Waals surface area contributed by atoms with Crippen LogP contribution in [0.5, 0.6) is 0 Å². The summed E-state index contributed by atoms with van der Waals surface area (Å²) >= 11 is 5.79. The molecule has 0 aliphatic heterocycles. The van der Waals surface area contributed by atoms with Gasteiger partial charge in [0.2, 0.25) is 15.9 Å². The monoisotopic (exact) mass is 369 g/mol. The molecule has 0 saturated heterocycles. The summed E-state index contributed by atoms with van der Waals surface area (Å²) in [6.07, 6.45) is 2.13. The van der Waals surface area contributed by atoms with Crippen molar-refractivity contribution in [2.45, 2.75) is 17.2 Å².